The summed E-state index contributed by atoms with van der Waals surface area (Å²) in [6.07, 6.45) is 0. The number of para-hydroxylation sites is 1. The lowest BCUT2D eigenvalue weighted by Crippen LogP contribution is -2.10. The summed E-state index contributed by atoms with van der Waals surface area (Å²) in [5, 5.41) is 4.61. The van der Waals surface area contributed by atoms with Gasteiger partial charge >= 0.3 is 0 Å². The number of hydrogen-bond acceptors (Lipinski definition) is 2. The van der Waals surface area contributed by atoms with Crippen molar-refractivity contribution in [3.05, 3.63) is 164 Å². The molecule has 0 saturated heterocycles. The minimum absolute atomic E-state index is 0.881. The molecule has 2 nitrogen and oxygen atoms in total. The van der Waals surface area contributed by atoms with Gasteiger partial charge in [0.05, 0.1) is 11.1 Å². The van der Waals surface area contributed by atoms with Crippen molar-refractivity contribution < 1.29 is 4.42 Å². The molecule has 1 heterocycles. The van der Waals surface area contributed by atoms with Gasteiger partial charge < -0.3 is 9.32 Å². The third-order valence-electron chi connectivity index (χ3n) is 8.03. The molecule has 0 aliphatic carbocycles. The van der Waals surface area contributed by atoms with Gasteiger partial charge in [0.15, 0.2) is 0 Å². The molecule has 2 heteroatoms. The number of furan rings is 1. The van der Waals surface area contributed by atoms with Gasteiger partial charge in [-0.2, -0.15) is 0 Å². The molecule has 0 radical (unpaired) electrons. The quantitative estimate of drug-likeness (QED) is 0.217. The Balaban J connectivity index is 1.29. The molecule has 0 bridgehead atoms. The highest BCUT2D eigenvalue weighted by molar-refractivity contribution is 6.16. The second kappa shape index (κ2) is 10.1. The minimum atomic E-state index is 0.881. The van der Waals surface area contributed by atoms with E-state index in [1.165, 1.54) is 33.0 Å². The molecule has 1 aromatic heterocycles. The SMILES string of the molecule is c1ccc(-c2ccc(-c3cccc(N(c4ccccc4)c4cccc5oc6cc7ccccc7cc6c45)c3)cc2)cc1. The fraction of sp³-hybridized carbons (Fsp3) is 0. The summed E-state index contributed by atoms with van der Waals surface area (Å²) in [5.41, 5.74) is 9.84. The van der Waals surface area contributed by atoms with E-state index < -0.39 is 0 Å². The Kier molecular flexibility index (Phi) is 5.82. The Morgan fingerprint density at radius 3 is 1.71 bits per heavy atom. The molecule has 198 valence electrons. The molecule has 0 amide bonds. The average Bonchev–Trinajstić information content (AvgIpc) is 3.43. The number of rotatable bonds is 5. The first kappa shape index (κ1) is 24.2. The van der Waals surface area contributed by atoms with Gasteiger partial charge in [-0.25, -0.2) is 0 Å². The van der Waals surface area contributed by atoms with Gasteiger partial charge in [0.2, 0.25) is 0 Å². The summed E-state index contributed by atoms with van der Waals surface area (Å²) < 4.78 is 6.44. The zero-order valence-corrected chi connectivity index (χ0v) is 22.9. The van der Waals surface area contributed by atoms with Crippen LogP contribution in [0.3, 0.4) is 0 Å². The zero-order valence-electron chi connectivity index (χ0n) is 22.9. The van der Waals surface area contributed by atoms with Gasteiger partial charge in [-0.3, -0.25) is 0 Å². The van der Waals surface area contributed by atoms with Crippen LogP contribution in [-0.4, -0.2) is 0 Å². The number of hydrogen-bond donors (Lipinski definition) is 0. The van der Waals surface area contributed by atoms with Crippen molar-refractivity contribution in [2.75, 3.05) is 4.90 Å². The van der Waals surface area contributed by atoms with E-state index in [4.69, 9.17) is 4.42 Å². The van der Waals surface area contributed by atoms with Crippen LogP contribution in [0.25, 0.3) is 55.0 Å². The third kappa shape index (κ3) is 4.22. The maximum absolute atomic E-state index is 6.44. The van der Waals surface area contributed by atoms with Crippen molar-refractivity contribution in [2.45, 2.75) is 0 Å². The van der Waals surface area contributed by atoms with Crippen LogP contribution in [0, 0.1) is 0 Å². The average molecular weight is 538 g/mol. The molecule has 0 saturated carbocycles. The molecule has 0 aliphatic rings. The van der Waals surface area contributed by atoms with Crippen molar-refractivity contribution in [3.8, 4) is 22.3 Å². The summed E-state index contributed by atoms with van der Waals surface area (Å²) in [5.74, 6) is 0. The van der Waals surface area contributed by atoms with Gasteiger partial charge in [-0.1, -0.05) is 115 Å². The molecule has 0 spiro atoms. The van der Waals surface area contributed by atoms with E-state index in [0.29, 0.717) is 0 Å². The standard InChI is InChI=1S/C40H27NO/c1-3-11-28(12-4-1)29-21-23-30(24-22-29)31-15-9-18-35(25-31)41(34-16-5-2-6-17-34)37-19-10-20-38-40(37)36-26-32-13-7-8-14-33(32)27-39(36)42-38/h1-27H. The van der Waals surface area contributed by atoms with Crippen molar-refractivity contribution in [1.82, 2.24) is 0 Å². The van der Waals surface area contributed by atoms with Crippen molar-refractivity contribution in [2.24, 2.45) is 0 Å². The fourth-order valence-corrected chi connectivity index (χ4v) is 5.99. The molecule has 0 atom stereocenters. The Hall–Kier alpha value is -5.60. The zero-order chi connectivity index (χ0) is 27.9. The molecule has 0 N–H and O–H groups in total. The molecule has 0 unspecified atom stereocenters. The molecular formula is C40H27NO. The van der Waals surface area contributed by atoms with Gasteiger partial charge in [0.1, 0.15) is 11.2 Å². The van der Waals surface area contributed by atoms with Gasteiger partial charge in [-0.15, -0.1) is 0 Å². The van der Waals surface area contributed by atoms with Gasteiger partial charge in [0.25, 0.3) is 0 Å². The lowest BCUT2D eigenvalue weighted by atomic mass is 9.99. The van der Waals surface area contributed by atoms with Crippen LogP contribution in [0.15, 0.2) is 168 Å². The first-order valence-corrected chi connectivity index (χ1v) is 14.3. The van der Waals surface area contributed by atoms with Crippen LogP contribution in [-0.2, 0) is 0 Å². The minimum Gasteiger partial charge on any atom is -0.456 e. The maximum Gasteiger partial charge on any atom is 0.137 e. The molecule has 42 heavy (non-hydrogen) atoms. The van der Waals surface area contributed by atoms with Gasteiger partial charge in [0, 0.05) is 16.8 Å². The Morgan fingerprint density at radius 2 is 0.952 bits per heavy atom. The van der Waals surface area contributed by atoms with E-state index in [2.05, 4.69) is 169 Å². The van der Waals surface area contributed by atoms with E-state index in [9.17, 15) is 0 Å². The lowest BCUT2D eigenvalue weighted by molar-refractivity contribution is 0.669. The summed E-state index contributed by atoms with van der Waals surface area (Å²) in [6, 6.07) is 57.9. The highest BCUT2D eigenvalue weighted by Gasteiger charge is 2.20. The summed E-state index contributed by atoms with van der Waals surface area (Å²) in [7, 11) is 0. The fourth-order valence-electron chi connectivity index (χ4n) is 5.99. The molecular weight excluding hydrogens is 510 g/mol. The number of nitrogens with zero attached hydrogens (tertiary/aromatic N) is 1. The summed E-state index contributed by atoms with van der Waals surface area (Å²) >= 11 is 0. The molecule has 8 aromatic rings. The van der Waals surface area contributed by atoms with E-state index in [1.807, 2.05) is 0 Å². The third-order valence-corrected chi connectivity index (χ3v) is 8.03. The Bertz CT molecular complexity index is 2180. The van der Waals surface area contributed by atoms with Crippen molar-refractivity contribution >= 4 is 49.8 Å². The van der Waals surface area contributed by atoms with Crippen LogP contribution < -0.4 is 4.90 Å². The smallest absolute Gasteiger partial charge is 0.137 e. The van der Waals surface area contributed by atoms with Crippen molar-refractivity contribution in [3.63, 3.8) is 0 Å². The molecule has 0 aliphatic heterocycles. The predicted octanol–water partition coefficient (Wildman–Crippen LogP) is 11.5. The number of anilines is 3. The first-order chi connectivity index (χ1) is 20.8. The molecule has 0 fully saturated rings. The highest BCUT2D eigenvalue weighted by Crippen LogP contribution is 2.44. The monoisotopic (exact) mass is 537 g/mol. The Morgan fingerprint density at radius 1 is 0.381 bits per heavy atom. The number of fused-ring (bicyclic) bond motifs is 4. The second-order valence-electron chi connectivity index (χ2n) is 10.6. The van der Waals surface area contributed by atoms with E-state index in [1.54, 1.807) is 0 Å². The summed E-state index contributed by atoms with van der Waals surface area (Å²) in [6.45, 7) is 0. The summed E-state index contributed by atoms with van der Waals surface area (Å²) in [4.78, 5) is 2.34. The van der Waals surface area contributed by atoms with E-state index >= 15 is 0 Å². The topological polar surface area (TPSA) is 16.4 Å². The largest absolute Gasteiger partial charge is 0.456 e. The van der Waals surface area contributed by atoms with E-state index in [0.717, 1.165) is 39.0 Å². The predicted molar refractivity (Wildman–Crippen MR) is 177 cm³/mol. The van der Waals surface area contributed by atoms with E-state index in [-0.39, 0.29) is 0 Å². The molecule has 8 rings (SSSR count). The maximum atomic E-state index is 6.44. The van der Waals surface area contributed by atoms with Crippen LogP contribution in [0.4, 0.5) is 17.1 Å². The van der Waals surface area contributed by atoms with Crippen LogP contribution in [0.2, 0.25) is 0 Å². The molecule has 7 aromatic carbocycles. The van der Waals surface area contributed by atoms with Crippen LogP contribution >= 0.6 is 0 Å². The normalized spacial score (nSPS) is 11.3. The van der Waals surface area contributed by atoms with Crippen LogP contribution in [0.5, 0.6) is 0 Å². The van der Waals surface area contributed by atoms with Gasteiger partial charge in [-0.05, 0) is 81.6 Å². The lowest BCUT2D eigenvalue weighted by Gasteiger charge is -2.26. The Labute approximate surface area is 244 Å². The number of benzene rings is 7. The van der Waals surface area contributed by atoms with Crippen molar-refractivity contribution in [1.29, 1.82) is 0 Å². The second-order valence-corrected chi connectivity index (χ2v) is 10.6. The van der Waals surface area contributed by atoms with Crippen LogP contribution in [0.1, 0.15) is 0 Å². The first-order valence-electron chi connectivity index (χ1n) is 14.3. The highest BCUT2D eigenvalue weighted by atomic mass is 16.3.